The number of ether oxygens (including phenoxy) is 1. The number of anilines is 1. The molecule has 2 atom stereocenters. The van der Waals surface area contributed by atoms with Crippen LogP contribution in [0.1, 0.15) is 58.6 Å². The van der Waals surface area contributed by atoms with Crippen LogP contribution in [0.3, 0.4) is 0 Å². The molecule has 0 aliphatic heterocycles. The Kier molecular flexibility index (Phi) is 7.21. The van der Waals surface area contributed by atoms with Crippen LogP contribution in [0.15, 0.2) is 48.5 Å². The van der Waals surface area contributed by atoms with Gasteiger partial charge in [0.1, 0.15) is 18.5 Å². The lowest BCUT2D eigenvalue weighted by Crippen LogP contribution is -2.26. The Morgan fingerprint density at radius 2 is 1.87 bits per heavy atom. The van der Waals surface area contributed by atoms with Gasteiger partial charge in [0.05, 0.1) is 6.61 Å². The Bertz CT molecular complexity index is 1340. The molecule has 0 radical (unpaired) electrons. The molecular formula is C32H36NO5-. The Labute approximate surface area is 224 Å². The van der Waals surface area contributed by atoms with Gasteiger partial charge in [0, 0.05) is 18.2 Å². The molecular weight excluding hydrogens is 478 g/mol. The molecule has 2 aliphatic rings. The van der Waals surface area contributed by atoms with Crippen LogP contribution in [-0.2, 0) is 17.8 Å². The van der Waals surface area contributed by atoms with Crippen molar-refractivity contribution in [3.63, 3.8) is 0 Å². The predicted molar refractivity (Wildman–Crippen MR) is 146 cm³/mol. The molecule has 0 saturated heterocycles. The summed E-state index contributed by atoms with van der Waals surface area (Å²) in [4.78, 5) is 11.3. The van der Waals surface area contributed by atoms with E-state index >= 15 is 0 Å². The molecule has 0 aromatic heterocycles. The van der Waals surface area contributed by atoms with Crippen molar-refractivity contribution in [2.45, 2.75) is 65.0 Å². The summed E-state index contributed by atoms with van der Waals surface area (Å²) >= 11 is 0. The zero-order valence-corrected chi connectivity index (χ0v) is 22.3. The monoisotopic (exact) mass is 514 g/mol. The summed E-state index contributed by atoms with van der Waals surface area (Å²) in [6, 6.07) is 16.7. The van der Waals surface area contributed by atoms with Gasteiger partial charge < -0.3 is 30.2 Å². The minimum atomic E-state index is -0.959. The molecule has 0 amide bonds. The number of carboxylic acids is 1. The number of rotatable bonds is 10. The number of benzene rings is 3. The van der Waals surface area contributed by atoms with Crippen molar-refractivity contribution in [2.75, 3.05) is 18.5 Å². The standard InChI is InChI=1S/C32H37NO5/c1-19-11-26(38-18-25(35)17-34)12-20(2)31(19)27-6-4-5-22(21(27)3)16-33-24-7-8-28-23(13-24)15-32(9-10-32)29(28)14-30(36)37/h4-8,11-13,25,29,33-35H,9-10,14-18H2,1-3H3,(H,36,37)/p-1/t25-,29?/m1/s1. The quantitative estimate of drug-likeness (QED) is 0.375. The normalized spacial score (nSPS) is 17.8. The first-order valence-electron chi connectivity index (χ1n) is 13.4. The van der Waals surface area contributed by atoms with E-state index in [9.17, 15) is 15.0 Å². The van der Waals surface area contributed by atoms with E-state index in [0.717, 1.165) is 36.1 Å². The van der Waals surface area contributed by atoms with Gasteiger partial charge in [-0.1, -0.05) is 24.3 Å². The zero-order valence-electron chi connectivity index (χ0n) is 22.3. The maximum absolute atomic E-state index is 11.3. The number of hydrogen-bond acceptors (Lipinski definition) is 6. The zero-order chi connectivity index (χ0) is 27.0. The molecule has 0 bridgehead atoms. The Morgan fingerprint density at radius 3 is 2.53 bits per heavy atom. The molecule has 6 heteroatoms. The van der Waals surface area contributed by atoms with Crippen LogP contribution < -0.4 is 15.2 Å². The first-order chi connectivity index (χ1) is 18.2. The summed E-state index contributed by atoms with van der Waals surface area (Å²) < 4.78 is 5.67. The average Bonchev–Trinajstić information content (AvgIpc) is 3.59. The highest BCUT2D eigenvalue weighted by Gasteiger charge is 2.53. The molecule has 6 nitrogen and oxygen atoms in total. The van der Waals surface area contributed by atoms with Gasteiger partial charge in [-0.3, -0.25) is 0 Å². The second kappa shape index (κ2) is 10.4. The third-order valence-electron chi connectivity index (χ3n) is 8.42. The number of aliphatic hydroxyl groups excluding tert-OH is 2. The van der Waals surface area contributed by atoms with E-state index < -0.39 is 12.1 Å². The number of carbonyl (C=O) groups is 1. The highest BCUT2D eigenvalue weighted by molar-refractivity contribution is 5.75. The number of aliphatic carboxylic acids is 1. The van der Waals surface area contributed by atoms with Crippen molar-refractivity contribution in [1.82, 2.24) is 0 Å². The second-order valence-corrected chi connectivity index (χ2v) is 11.1. The largest absolute Gasteiger partial charge is 0.550 e. The highest BCUT2D eigenvalue weighted by atomic mass is 16.5. The fourth-order valence-corrected chi connectivity index (χ4v) is 6.24. The van der Waals surface area contributed by atoms with Crippen molar-refractivity contribution >= 4 is 11.7 Å². The van der Waals surface area contributed by atoms with Crippen LogP contribution >= 0.6 is 0 Å². The summed E-state index contributed by atoms with van der Waals surface area (Å²) in [6.45, 7) is 6.68. The van der Waals surface area contributed by atoms with Crippen LogP contribution in [-0.4, -0.2) is 35.5 Å². The van der Waals surface area contributed by atoms with E-state index in [1.807, 2.05) is 12.1 Å². The van der Waals surface area contributed by atoms with Gasteiger partial charge in [0.2, 0.25) is 0 Å². The van der Waals surface area contributed by atoms with Crippen LogP contribution in [0.4, 0.5) is 5.69 Å². The van der Waals surface area contributed by atoms with Gasteiger partial charge in [-0.2, -0.15) is 0 Å². The molecule has 3 aromatic rings. The van der Waals surface area contributed by atoms with Gasteiger partial charge in [0.15, 0.2) is 0 Å². The Hall–Kier alpha value is -3.35. The van der Waals surface area contributed by atoms with Crippen LogP contribution in [0.5, 0.6) is 5.75 Å². The van der Waals surface area contributed by atoms with Gasteiger partial charge >= 0.3 is 0 Å². The van der Waals surface area contributed by atoms with E-state index in [1.54, 1.807) is 0 Å². The third-order valence-corrected chi connectivity index (χ3v) is 8.42. The first kappa shape index (κ1) is 26.3. The van der Waals surface area contributed by atoms with E-state index in [4.69, 9.17) is 9.84 Å². The molecule has 5 rings (SSSR count). The third kappa shape index (κ3) is 5.16. The number of fused-ring (bicyclic) bond motifs is 1. The molecule has 3 aromatic carbocycles. The molecule has 1 fully saturated rings. The average molecular weight is 515 g/mol. The number of nitrogens with one attached hydrogen (secondary N) is 1. The topological polar surface area (TPSA) is 102 Å². The van der Waals surface area contributed by atoms with E-state index in [-0.39, 0.29) is 31.0 Å². The van der Waals surface area contributed by atoms with Crippen molar-refractivity contribution in [1.29, 1.82) is 0 Å². The molecule has 2 aliphatic carbocycles. The van der Waals surface area contributed by atoms with Crippen LogP contribution in [0.25, 0.3) is 11.1 Å². The molecule has 38 heavy (non-hydrogen) atoms. The maximum Gasteiger partial charge on any atom is 0.120 e. The Balaban J connectivity index is 1.33. The molecule has 1 unspecified atom stereocenters. The molecule has 1 saturated carbocycles. The summed E-state index contributed by atoms with van der Waals surface area (Å²) in [5.41, 5.74) is 10.6. The van der Waals surface area contributed by atoms with Gasteiger partial charge in [-0.25, -0.2) is 0 Å². The fraction of sp³-hybridized carbons (Fsp3) is 0.406. The highest BCUT2D eigenvalue weighted by Crippen LogP contribution is 2.64. The molecule has 0 heterocycles. The van der Waals surface area contributed by atoms with Crippen molar-refractivity contribution < 1.29 is 24.9 Å². The van der Waals surface area contributed by atoms with Crippen LogP contribution in [0.2, 0.25) is 0 Å². The van der Waals surface area contributed by atoms with Gasteiger partial charge in [0.25, 0.3) is 0 Å². The van der Waals surface area contributed by atoms with E-state index in [2.05, 4.69) is 62.5 Å². The minimum absolute atomic E-state index is 0.0516. The van der Waals surface area contributed by atoms with Crippen molar-refractivity contribution in [2.24, 2.45) is 5.41 Å². The minimum Gasteiger partial charge on any atom is -0.550 e. The Morgan fingerprint density at radius 1 is 1.13 bits per heavy atom. The van der Waals surface area contributed by atoms with Crippen LogP contribution in [0, 0.1) is 26.2 Å². The summed E-state index contributed by atoms with van der Waals surface area (Å²) in [7, 11) is 0. The van der Waals surface area contributed by atoms with Gasteiger partial charge in [-0.05, 0) is 127 Å². The fourth-order valence-electron chi connectivity index (χ4n) is 6.24. The lowest BCUT2D eigenvalue weighted by atomic mass is 9.87. The first-order valence-corrected chi connectivity index (χ1v) is 13.4. The van der Waals surface area contributed by atoms with Crippen molar-refractivity contribution in [3.05, 3.63) is 81.9 Å². The number of hydrogen-bond donors (Lipinski definition) is 3. The summed E-state index contributed by atoms with van der Waals surface area (Å²) in [6.07, 6.45) is 2.38. The summed E-state index contributed by atoms with van der Waals surface area (Å²) in [5, 5.41) is 33.6. The van der Waals surface area contributed by atoms with Gasteiger partial charge in [-0.15, -0.1) is 0 Å². The number of carbonyl (C=O) groups excluding carboxylic acids is 1. The second-order valence-electron chi connectivity index (χ2n) is 11.1. The maximum atomic E-state index is 11.3. The number of aryl methyl sites for hydroxylation is 2. The SMILES string of the molecule is Cc1cc(OC[C@H](O)CO)cc(C)c1-c1cccc(CNc2ccc3c(c2)CC2(CC2)C3CC(=O)[O-])c1C. The molecule has 1 spiro atoms. The summed E-state index contributed by atoms with van der Waals surface area (Å²) in [5.74, 6) is -0.198. The molecule has 3 N–H and O–H groups in total. The van der Waals surface area contributed by atoms with E-state index in [1.165, 1.54) is 33.4 Å². The number of aliphatic hydroxyl groups is 2. The number of carboxylic acid groups (broad SMARTS) is 1. The van der Waals surface area contributed by atoms with Crippen molar-refractivity contribution in [3.8, 4) is 16.9 Å². The lowest BCUT2D eigenvalue weighted by Gasteiger charge is -2.20. The predicted octanol–water partition coefficient (Wildman–Crippen LogP) is 4.18. The lowest BCUT2D eigenvalue weighted by molar-refractivity contribution is -0.306. The van der Waals surface area contributed by atoms with E-state index in [0.29, 0.717) is 12.3 Å². The smallest absolute Gasteiger partial charge is 0.120 e. The molecule has 200 valence electrons.